The van der Waals surface area contributed by atoms with Crippen LogP contribution in [0.25, 0.3) is 0 Å². The highest BCUT2D eigenvalue weighted by molar-refractivity contribution is 8.01. The van der Waals surface area contributed by atoms with Gasteiger partial charge in [-0.2, -0.15) is 0 Å². The second-order valence-corrected chi connectivity index (χ2v) is 5.90. The van der Waals surface area contributed by atoms with Crippen molar-refractivity contribution in [2.75, 3.05) is 6.54 Å². The van der Waals surface area contributed by atoms with Crippen molar-refractivity contribution < 1.29 is 0 Å². The molecule has 6 heteroatoms. The molecule has 18 heavy (non-hydrogen) atoms. The van der Waals surface area contributed by atoms with Crippen LogP contribution in [-0.2, 0) is 0 Å². The molecule has 0 saturated carbocycles. The molecule has 0 spiro atoms. The summed E-state index contributed by atoms with van der Waals surface area (Å²) in [5, 5.41) is 11.2. The second-order valence-electron chi connectivity index (χ2n) is 3.74. The topological polar surface area (TPSA) is 50.7 Å². The summed E-state index contributed by atoms with van der Waals surface area (Å²) in [6.45, 7) is 5.24. The van der Waals surface area contributed by atoms with Gasteiger partial charge in [0.2, 0.25) is 0 Å². The molecule has 96 valence electrons. The van der Waals surface area contributed by atoms with E-state index < -0.39 is 0 Å². The summed E-state index contributed by atoms with van der Waals surface area (Å²) in [6.07, 6.45) is 2.95. The maximum Gasteiger partial charge on any atom is 0.178 e. The van der Waals surface area contributed by atoms with Crippen LogP contribution in [0.15, 0.2) is 33.1 Å². The van der Waals surface area contributed by atoms with Crippen molar-refractivity contribution in [3.05, 3.63) is 29.5 Å². The van der Waals surface area contributed by atoms with Gasteiger partial charge in [0.1, 0.15) is 5.51 Å². The molecular weight excluding hydrogens is 264 g/mol. The van der Waals surface area contributed by atoms with Crippen LogP contribution >= 0.6 is 23.1 Å². The first-order chi connectivity index (χ1) is 8.83. The van der Waals surface area contributed by atoms with E-state index in [1.165, 1.54) is 0 Å². The molecule has 0 aliphatic rings. The zero-order chi connectivity index (χ0) is 12.8. The Morgan fingerprint density at radius 2 is 2.28 bits per heavy atom. The Hall–Kier alpha value is -0.980. The number of hydrogen-bond acceptors (Lipinski definition) is 6. The minimum atomic E-state index is 0.343. The second kappa shape index (κ2) is 6.82. The highest BCUT2D eigenvalue weighted by atomic mass is 32.2. The van der Waals surface area contributed by atoms with E-state index in [1.54, 1.807) is 28.6 Å². The molecule has 2 rings (SSSR count). The van der Waals surface area contributed by atoms with E-state index in [0.29, 0.717) is 6.04 Å². The lowest BCUT2D eigenvalue weighted by Gasteiger charge is -2.15. The van der Waals surface area contributed by atoms with Crippen molar-refractivity contribution in [3.63, 3.8) is 0 Å². The van der Waals surface area contributed by atoms with E-state index in [-0.39, 0.29) is 0 Å². The van der Waals surface area contributed by atoms with E-state index in [1.807, 2.05) is 6.20 Å². The predicted octanol–water partition coefficient (Wildman–Crippen LogP) is 3.14. The Morgan fingerprint density at radius 3 is 2.83 bits per heavy atom. The molecule has 2 aromatic rings. The molecule has 0 bridgehead atoms. The number of hydrogen-bond donors (Lipinski definition) is 1. The maximum absolute atomic E-state index is 4.52. The van der Waals surface area contributed by atoms with Crippen molar-refractivity contribution in [1.29, 1.82) is 0 Å². The first-order valence-corrected chi connectivity index (χ1v) is 7.66. The smallest absolute Gasteiger partial charge is 0.178 e. The molecule has 0 radical (unpaired) electrons. The largest absolute Gasteiger partial charge is 0.309 e. The third-order valence-corrected chi connectivity index (χ3v) is 4.28. The molecule has 1 atom stereocenters. The summed E-state index contributed by atoms with van der Waals surface area (Å²) < 4.78 is 0.947. The lowest BCUT2D eigenvalue weighted by atomic mass is 10.1. The van der Waals surface area contributed by atoms with Crippen molar-refractivity contribution in [2.45, 2.75) is 35.5 Å². The van der Waals surface area contributed by atoms with Crippen LogP contribution in [0.2, 0.25) is 0 Å². The van der Waals surface area contributed by atoms with Gasteiger partial charge in [0.15, 0.2) is 4.34 Å². The van der Waals surface area contributed by atoms with Gasteiger partial charge in [-0.3, -0.25) is 4.98 Å². The van der Waals surface area contributed by atoms with Gasteiger partial charge in [0.25, 0.3) is 0 Å². The summed E-state index contributed by atoms with van der Waals surface area (Å²) in [7, 11) is 0. The number of rotatable bonds is 6. The van der Waals surface area contributed by atoms with Crippen molar-refractivity contribution in [3.8, 4) is 0 Å². The number of nitrogens with one attached hydrogen (secondary N) is 1. The highest BCUT2D eigenvalue weighted by Crippen LogP contribution is 2.28. The normalized spacial score (nSPS) is 12.6. The fraction of sp³-hybridized carbons (Fsp3) is 0.417. The third kappa shape index (κ3) is 3.51. The Morgan fingerprint density at radius 1 is 1.39 bits per heavy atom. The lowest BCUT2D eigenvalue weighted by Crippen LogP contribution is -2.20. The van der Waals surface area contributed by atoms with Gasteiger partial charge in [0, 0.05) is 17.1 Å². The van der Waals surface area contributed by atoms with E-state index >= 15 is 0 Å². The van der Waals surface area contributed by atoms with E-state index in [9.17, 15) is 0 Å². The summed E-state index contributed by atoms with van der Waals surface area (Å²) in [6, 6.07) is 4.52. The van der Waals surface area contributed by atoms with Gasteiger partial charge in [0.05, 0.1) is 5.69 Å². The third-order valence-electron chi connectivity index (χ3n) is 2.52. The van der Waals surface area contributed by atoms with Crippen molar-refractivity contribution >= 4 is 23.1 Å². The highest BCUT2D eigenvalue weighted by Gasteiger charge is 2.09. The maximum atomic E-state index is 4.52. The number of pyridine rings is 1. The van der Waals surface area contributed by atoms with Crippen LogP contribution in [-0.4, -0.2) is 21.7 Å². The summed E-state index contributed by atoms with van der Waals surface area (Å²) in [5.74, 6) is 0. The summed E-state index contributed by atoms with van der Waals surface area (Å²) in [4.78, 5) is 5.62. The van der Waals surface area contributed by atoms with Gasteiger partial charge in [-0.05, 0) is 25.1 Å². The van der Waals surface area contributed by atoms with Gasteiger partial charge in [-0.25, -0.2) is 0 Å². The molecule has 1 N–H and O–H groups in total. The SMILES string of the molecule is CCNC(CC)c1ccc(Sc2nncs2)cn1. The molecule has 0 fully saturated rings. The Balaban J connectivity index is 2.04. The van der Waals surface area contributed by atoms with E-state index in [2.05, 4.69) is 46.5 Å². The number of nitrogens with zero attached hydrogens (tertiary/aromatic N) is 3. The summed E-state index contributed by atoms with van der Waals surface area (Å²) in [5.41, 5.74) is 2.84. The van der Waals surface area contributed by atoms with Gasteiger partial charge in [-0.15, -0.1) is 10.2 Å². The van der Waals surface area contributed by atoms with Crippen LogP contribution in [0.5, 0.6) is 0 Å². The molecule has 0 amide bonds. The van der Waals surface area contributed by atoms with Crippen molar-refractivity contribution in [2.24, 2.45) is 0 Å². The summed E-state index contributed by atoms with van der Waals surface area (Å²) >= 11 is 3.14. The molecule has 4 nitrogen and oxygen atoms in total. The molecule has 0 aromatic carbocycles. The van der Waals surface area contributed by atoms with Crippen LogP contribution < -0.4 is 5.32 Å². The van der Waals surface area contributed by atoms with Crippen LogP contribution in [0.4, 0.5) is 0 Å². The van der Waals surface area contributed by atoms with Gasteiger partial charge < -0.3 is 5.32 Å². The zero-order valence-corrected chi connectivity index (χ0v) is 12.1. The molecule has 0 aliphatic carbocycles. The first kappa shape index (κ1) is 13.5. The average Bonchev–Trinajstić information content (AvgIpc) is 2.90. The lowest BCUT2D eigenvalue weighted by molar-refractivity contribution is 0.524. The fourth-order valence-electron chi connectivity index (χ4n) is 1.67. The van der Waals surface area contributed by atoms with Gasteiger partial charge >= 0.3 is 0 Å². The number of aromatic nitrogens is 3. The monoisotopic (exact) mass is 280 g/mol. The molecule has 2 aromatic heterocycles. The molecule has 2 heterocycles. The predicted molar refractivity (Wildman–Crippen MR) is 75.0 cm³/mol. The average molecular weight is 280 g/mol. The van der Waals surface area contributed by atoms with E-state index in [0.717, 1.165) is 27.9 Å². The molecule has 1 unspecified atom stereocenters. The van der Waals surface area contributed by atoms with E-state index in [4.69, 9.17) is 0 Å². The molecule has 0 saturated heterocycles. The Bertz CT molecular complexity index is 455. The molecular formula is C12H16N4S2. The Kier molecular flexibility index (Phi) is 5.10. The van der Waals surface area contributed by atoms with Crippen LogP contribution in [0.3, 0.4) is 0 Å². The fourth-order valence-corrected chi connectivity index (χ4v) is 3.09. The van der Waals surface area contributed by atoms with Crippen molar-refractivity contribution in [1.82, 2.24) is 20.5 Å². The zero-order valence-electron chi connectivity index (χ0n) is 10.5. The minimum Gasteiger partial charge on any atom is -0.309 e. The quantitative estimate of drug-likeness (QED) is 0.881. The Labute approximate surface area is 115 Å². The van der Waals surface area contributed by atoms with Gasteiger partial charge in [-0.1, -0.05) is 36.9 Å². The van der Waals surface area contributed by atoms with Crippen LogP contribution in [0, 0.1) is 0 Å². The van der Waals surface area contributed by atoms with Crippen LogP contribution in [0.1, 0.15) is 32.0 Å². The molecule has 0 aliphatic heterocycles. The minimum absolute atomic E-state index is 0.343. The first-order valence-electron chi connectivity index (χ1n) is 5.96. The standard InChI is InChI=1S/C12H16N4S2/c1-3-10(13-4-2)11-6-5-9(7-14-11)18-12-16-15-8-17-12/h5-8,10,13H,3-4H2,1-2H3.